The van der Waals surface area contributed by atoms with Crippen molar-refractivity contribution in [2.45, 2.75) is 20.4 Å². The second-order valence-corrected chi connectivity index (χ2v) is 4.82. The summed E-state index contributed by atoms with van der Waals surface area (Å²) < 4.78 is 0. The van der Waals surface area contributed by atoms with Crippen molar-refractivity contribution in [3.05, 3.63) is 59.5 Å². The molecule has 0 bridgehead atoms. The van der Waals surface area contributed by atoms with Crippen LogP contribution in [0.4, 0.5) is 5.69 Å². The second-order valence-electron chi connectivity index (χ2n) is 4.82. The number of fused-ring (bicyclic) bond motifs is 1. The lowest BCUT2D eigenvalue weighted by Gasteiger charge is -2.07. The van der Waals surface area contributed by atoms with Crippen LogP contribution in [0.2, 0.25) is 0 Å². The number of halogens is 1. The number of pyridine rings is 1. The Morgan fingerprint density at radius 3 is 2.60 bits per heavy atom. The lowest BCUT2D eigenvalue weighted by molar-refractivity contribution is 1.14. The Labute approximate surface area is 124 Å². The predicted molar refractivity (Wildman–Crippen MR) is 86.6 cm³/mol. The lowest BCUT2D eigenvalue weighted by atomic mass is 10.2. The van der Waals surface area contributed by atoms with Gasteiger partial charge >= 0.3 is 0 Å². The first kappa shape index (κ1) is 14.4. The molecule has 3 rings (SSSR count). The summed E-state index contributed by atoms with van der Waals surface area (Å²) in [6.07, 6.45) is 3.79. The van der Waals surface area contributed by atoms with Crippen LogP contribution in [0, 0.1) is 13.8 Å². The van der Waals surface area contributed by atoms with Gasteiger partial charge in [-0.3, -0.25) is 4.98 Å². The SMILES string of the molecule is Cc1[nH]c2c(NCc3ccccc3)cncc2c1C.Cl. The molecule has 0 aliphatic heterocycles. The Hall–Kier alpha value is -2.00. The van der Waals surface area contributed by atoms with Crippen LogP contribution in [0.25, 0.3) is 10.9 Å². The molecule has 2 aromatic heterocycles. The van der Waals surface area contributed by atoms with Gasteiger partial charge in [-0.25, -0.2) is 0 Å². The van der Waals surface area contributed by atoms with Crippen LogP contribution < -0.4 is 5.32 Å². The van der Waals surface area contributed by atoms with Gasteiger partial charge in [-0.05, 0) is 25.0 Å². The van der Waals surface area contributed by atoms with Crippen LogP contribution >= 0.6 is 12.4 Å². The number of hydrogen-bond donors (Lipinski definition) is 2. The van der Waals surface area contributed by atoms with Crippen molar-refractivity contribution in [2.75, 3.05) is 5.32 Å². The van der Waals surface area contributed by atoms with Gasteiger partial charge in [-0.2, -0.15) is 0 Å². The first-order chi connectivity index (χ1) is 9.25. The zero-order valence-electron chi connectivity index (χ0n) is 11.6. The van der Waals surface area contributed by atoms with Crippen molar-refractivity contribution in [2.24, 2.45) is 0 Å². The molecule has 3 nitrogen and oxygen atoms in total. The summed E-state index contributed by atoms with van der Waals surface area (Å²) in [4.78, 5) is 7.75. The maximum absolute atomic E-state index is 4.32. The zero-order chi connectivity index (χ0) is 13.2. The molecule has 0 unspecified atom stereocenters. The van der Waals surface area contributed by atoms with Gasteiger partial charge in [0.1, 0.15) is 0 Å². The summed E-state index contributed by atoms with van der Waals surface area (Å²) in [5.41, 5.74) is 5.93. The van der Waals surface area contributed by atoms with E-state index in [1.54, 1.807) is 0 Å². The van der Waals surface area contributed by atoms with Gasteiger partial charge in [0.2, 0.25) is 0 Å². The summed E-state index contributed by atoms with van der Waals surface area (Å²) in [6.45, 7) is 5.02. The number of nitrogens with zero attached hydrogens (tertiary/aromatic N) is 1. The van der Waals surface area contributed by atoms with E-state index in [1.807, 2.05) is 18.5 Å². The minimum absolute atomic E-state index is 0. The number of aromatic nitrogens is 2. The molecule has 2 heterocycles. The first-order valence-corrected chi connectivity index (χ1v) is 6.46. The van der Waals surface area contributed by atoms with Crippen molar-refractivity contribution in [3.63, 3.8) is 0 Å². The molecule has 20 heavy (non-hydrogen) atoms. The molecular formula is C16H18ClN3. The third kappa shape index (κ3) is 2.63. The molecule has 0 saturated carbocycles. The highest BCUT2D eigenvalue weighted by atomic mass is 35.5. The standard InChI is InChI=1S/C16H17N3.ClH/c1-11-12(2)19-16-14(11)9-17-10-15(16)18-8-13-6-4-3-5-7-13;/h3-7,9-10,18-19H,8H2,1-2H3;1H. The molecule has 1 aromatic carbocycles. The number of anilines is 1. The largest absolute Gasteiger partial charge is 0.378 e. The Morgan fingerprint density at radius 1 is 1.10 bits per heavy atom. The van der Waals surface area contributed by atoms with Gasteiger partial charge in [-0.1, -0.05) is 30.3 Å². The first-order valence-electron chi connectivity index (χ1n) is 6.46. The summed E-state index contributed by atoms with van der Waals surface area (Å²) in [6, 6.07) is 10.4. The number of rotatable bonds is 3. The predicted octanol–water partition coefficient (Wildman–Crippen LogP) is 4.21. The number of aryl methyl sites for hydroxylation is 2. The van der Waals surface area contributed by atoms with E-state index in [2.05, 4.69) is 53.4 Å². The van der Waals surface area contributed by atoms with Crippen LogP contribution in [0.5, 0.6) is 0 Å². The molecule has 0 atom stereocenters. The number of benzene rings is 1. The van der Waals surface area contributed by atoms with E-state index in [-0.39, 0.29) is 12.4 Å². The van der Waals surface area contributed by atoms with Crippen LogP contribution in [-0.4, -0.2) is 9.97 Å². The van der Waals surface area contributed by atoms with Crippen molar-refractivity contribution in [1.82, 2.24) is 9.97 Å². The average Bonchev–Trinajstić information content (AvgIpc) is 2.74. The molecule has 0 spiro atoms. The second kappa shape index (κ2) is 5.97. The number of aromatic amines is 1. The smallest absolute Gasteiger partial charge is 0.0774 e. The number of hydrogen-bond acceptors (Lipinski definition) is 2. The molecular weight excluding hydrogens is 270 g/mol. The van der Waals surface area contributed by atoms with Crippen molar-refractivity contribution in [3.8, 4) is 0 Å². The van der Waals surface area contributed by atoms with Crippen molar-refractivity contribution in [1.29, 1.82) is 0 Å². The topological polar surface area (TPSA) is 40.7 Å². The zero-order valence-corrected chi connectivity index (χ0v) is 12.4. The third-order valence-electron chi connectivity index (χ3n) is 3.55. The summed E-state index contributed by atoms with van der Waals surface area (Å²) in [5.74, 6) is 0. The Kier molecular flexibility index (Phi) is 4.30. The summed E-state index contributed by atoms with van der Waals surface area (Å²) in [5, 5.41) is 4.64. The molecule has 0 radical (unpaired) electrons. The van der Waals surface area contributed by atoms with Crippen molar-refractivity contribution >= 4 is 29.0 Å². The van der Waals surface area contributed by atoms with Gasteiger partial charge in [0, 0.05) is 23.8 Å². The molecule has 0 saturated heterocycles. The Morgan fingerprint density at radius 2 is 1.85 bits per heavy atom. The van der Waals surface area contributed by atoms with Crippen LogP contribution in [0.3, 0.4) is 0 Å². The van der Waals surface area contributed by atoms with E-state index in [9.17, 15) is 0 Å². The molecule has 0 aliphatic carbocycles. The molecule has 0 amide bonds. The molecule has 0 aliphatic rings. The highest BCUT2D eigenvalue weighted by Gasteiger charge is 2.08. The highest BCUT2D eigenvalue weighted by molar-refractivity contribution is 5.93. The highest BCUT2D eigenvalue weighted by Crippen LogP contribution is 2.26. The van der Waals surface area contributed by atoms with Gasteiger partial charge in [-0.15, -0.1) is 12.4 Å². The van der Waals surface area contributed by atoms with E-state index in [0.717, 1.165) is 17.7 Å². The maximum Gasteiger partial charge on any atom is 0.0774 e. The lowest BCUT2D eigenvalue weighted by Crippen LogP contribution is -2.00. The van der Waals surface area contributed by atoms with Gasteiger partial charge in [0.15, 0.2) is 0 Å². The quantitative estimate of drug-likeness (QED) is 0.757. The van der Waals surface area contributed by atoms with Gasteiger partial charge < -0.3 is 10.3 Å². The molecule has 3 aromatic rings. The van der Waals surface area contributed by atoms with Crippen molar-refractivity contribution < 1.29 is 0 Å². The van der Waals surface area contributed by atoms with E-state index in [0.29, 0.717) is 0 Å². The number of H-pyrrole nitrogens is 1. The van der Waals surface area contributed by atoms with Crippen LogP contribution in [0.15, 0.2) is 42.7 Å². The van der Waals surface area contributed by atoms with E-state index in [4.69, 9.17) is 0 Å². The molecule has 4 heteroatoms. The normalized spacial score (nSPS) is 10.3. The fourth-order valence-electron chi connectivity index (χ4n) is 2.29. The Bertz CT molecular complexity index is 704. The minimum Gasteiger partial charge on any atom is -0.378 e. The number of nitrogens with one attached hydrogen (secondary N) is 2. The molecule has 2 N–H and O–H groups in total. The fourth-order valence-corrected chi connectivity index (χ4v) is 2.29. The fraction of sp³-hybridized carbons (Fsp3) is 0.188. The van der Waals surface area contributed by atoms with Gasteiger partial charge in [0.25, 0.3) is 0 Å². The van der Waals surface area contributed by atoms with Gasteiger partial charge in [0.05, 0.1) is 17.4 Å². The summed E-state index contributed by atoms with van der Waals surface area (Å²) >= 11 is 0. The average molecular weight is 288 g/mol. The van der Waals surface area contributed by atoms with Crippen LogP contribution in [0.1, 0.15) is 16.8 Å². The van der Waals surface area contributed by atoms with E-state index in [1.165, 1.54) is 22.2 Å². The molecule has 104 valence electrons. The molecule has 0 fully saturated rings. The summed E-state index contributed by atoms with van der Waals surface area (Å²) in [7, 11) is 0. The Balaban J connectivity index is 0.00000147. The van der Waals surface area contributed by atoms with Crippen LogP contribution in [-0.2, 0) is 6.54 Å². The maximum atomic E-state index is 4.32. The third-order valence-corrected chi connectivity index (χ3v) is 3.55. The minimum atomic E-state index is 0. The van der Waals surface area contributed by atoms with E-state index >= 15 is 0 Å². The van der Waals surface area contributed by atoms with E-state index < -0.39 is 0 Å². The monoisotopic (exact) mass is 287 g/mol.